The number of pyridine rings is 1. The minimum Gasteiger partial charge on any atom is -0.450 e. The molecule has 4 atom stereocenters. The van der Waals surface area contributed by atoms with Crippen molar-refractivity contribution in [3.8, 4) is 6.07 Å². The van der Waals surface area contributed by atoms with Crippen molar-refractivity contribution in [3.05, 3.63) is 33.7 Å². The number of amides is 2. The average molecular weight is 717 g/mol. The Morgan fingerprint density at radius 3 is 2.71 bits per heavy atom. The second-order valence-electron chi connectivity index (χ2n) is 13.2. The lowest BCUT2D eigenvalue weighted by atomic mass is 9.79. The van der Waals surface area contributed by atoms with Gasteiger partial charge in [-0.15, -0.1) is 11.8 Å². The first-order valence-corrected chi connectivity index (χ1v) is 19.1. The number of hydrogen-bond acceptors (Lipinski definition) is 7. The van der Waals surface area contributed by atoms with E-state index in [2.05, 4.69) is 32.6 Å². The fourth-order valence-electron chi connectivity index (χ4n) is 7.28. The van der Waals surface area contributed by atoms with Crippen LogP contribution in [-0.2, 0) is 15.9 Å². The summed E-state index contributed by atoms with van der Waals surface area (Å²) in [5, 5.41) is 11.6. The van der Waals surface area contributed by atoms with E-state index in [0.717, 1.165) is 52.1 Å². The molecule has 0 N–H and O–H groups in total. The van der Waals surface area contributed by atoms with E-state index in [1.54, 1.807) is 0 Å². The molecule has 3 saturated heterocycles. The Morgan fingerprint density at radius 2 is 2.02 bits per heavy atom. The van der Waals surface area contributed by atoms with Crippen LogP contribution in [0.5, 0.6) is 0 Å². The smallest absolute Gasteiger partial charge is 0.410 e. The lowest BCUT2D eigenvalue weighted by molar-refractivity contribution is 0.0208. The second kappa shape index (κ2) is 12.4. The molecule has 4 aliphatic rings. The SMILES string of the molecule is CSc1nc2c(F)c(Br)c(CCC#N)cc2c2c1cc([C@H]1CCCN1C(=O)OCC[SiH3])n2[C@H]1[C@@H]2C[C@H]1N(C(=O)OC(C)(C)C)C2. The molecular weight excluding hydrogens is 677 g/mol. The summed E-state index contributed by atoms with van der Waals surface area (Å²) < 4.78 is 30.1. The van der Waals surface area contributed by atoms with Crippen LogP contribution in [0.15, 0.2) is 21.6 Å². The van der Waals surface area contributed by atoms with Gasteiger partial charge in [-0.2, -0.15) is 5.26 Å². The summed E-state index contributed by atoms with van der Waals surface area (Å²) in [4.78, 5) is 35.1. The number of nitrogens with zero attached hydrogens (tertiary/aromatic N) is 5. The Hall–Kier alpha value is -2.82. The summed E-state index contributed by atoms with van der Waals surface area (Å²) >= 11 is 4.90. The number of carbonyl (C=O) groups excluding carboxylic acids is 2. The molecule has 45 heavy (non-hydrogen) atoms. The van der Waals surface area contributed by atoms with E-state index in [9.17, 15) is 14.9 Å². The first kappa shape index (κ1) is 32.1. The number of benzene rings is 1. The van der Waals surface area contributed by atoms with Crippen molar-refractivity contribution >= 4 is 71.9 Å². The number of aryl methyl sites for hydroxylation is 1. The predicted molar refractivity (Wildman–Crippen MR) is 179 cm³/mol. The Morgan fingerprint density at radius 1 is 1.24 bits per heavy atom. The molecule has 7 rings (SSSR count). The zero-order valence-corrected chi connectivity index (χ0v) is 30.8. The first-order valence-electron chi connectivity index (χ1n) is 15.7. The first-order chi connectivity index (χ1) is 21.5. The van der Waals surface area contributed by atoms with E-state index in [-0.39, 0.29) is 48.2 Å². The number of hydrogen-bond donors (Lipinski definition) is 0. The highest BCUT2D eigenvalue weighted by molar-refractivity contribution is 9.10. The number of ether oxygens (including phenoxy) is 2. The highest BCUT2D eigenvalue weighted by atomic mass is 79.9. The van der Waals surface area contributed by atoms with Crippen LogP contribution in [0, 0.1) is 23.1 Å². The van der Waals surface area contributed by atoms with Crippen LogP contribution in [0.2, 0.25) is 6.04 Å². The molecule has 9 nitrogen and oxygen atoms in total. The molecule has 3 aromatic rings. The Balaban J connectivity index is 1.58. The van der Waals surface area contributed by atoms with Crippen molar-refractivity contribution in [3.63, 3.8) is 0 Å². The molecule has 2 bridgehead atoms. The highest BCUT2D eigenvalue weighted by Crippen LogP contribution is 2.54. The molecule has 4 fully saturated rings. The lowest BCUT2D eigenvalue weighted by Crippen LogP contribution is -2.45. The predicted octanol–water partition coefficient (Wildman–Crippen LogP) is 6.51. The quantitative estimate of drug-likeness (QED) is 0.203. The van der Waals surface area contributed by atoms with Gasteiger partial charge in [0.05, 0.1) is 40.8 Å². The molecule has 1 aliphatic carbocycles. The summed E-state index contributed by atoms with van der Waals surface area (Å²) in [5.74, 6) is -0.267. The number of thioether (sulfide) groups is 1. The molecule has 240 valence electrons. The maximum absolute atomic E-state index is 16.1. The summed E-state index contributed by atoms with van der Waals surface area (Å²) in [6.45, 7) is 7.20. The zero-order chi connectivity index (χ0) is 32.2. The molecule has 13 heteroatoms. The number of carbonyl (C=O) groups is 2. The van der Waals surface area contributed by atoms with Crippen LogP contribution < -0.4 is 0 Å². The van der Waals surface area contributed by atoms with Gasteiger partial charge in [-0.1, -0.05) is 0 Å². The van der Waals surface area contributed by atoms with Crippen molar-refractivity contribution in [2.45, 2.75) is 87.7 Å². The molecule has 0 radical (unpaired) electrons. The highest BCUT2D eigenvalue weighted by Gasteiger charge is 2.57. The van der Waals surface area contributed by atoms with E-state index in [1.165, 1.54) is 11.8 Å². The van der Waals surface area contributed by atoms with E-state index < -0.39 is 11.4 Å². The van der Waals surface area contributed by atoms with Gasteiger partial charge in [0, 0.05) is 52.1 Å². The van der Waals surface area contributed by atoms with Gasteiger partial charge >= 0.3 is 12.2 Å². The van der Waals surface area contributed by atoms with Gasteiger partial charge in [0.25, 0.3) is 0 Å². The van der Waals surface area contributed by atoms with Crippen LogP contribution in [0.25, 0.3) is 21.8 Å². The molecule has 2 amide bonds. The molecule has 0 spiro atoms. The average Bonchev–Trinajstić information content (AvgIpc) is 3.78. The van der Waals surface area contributed by atoms with Gasteiger partial charge in [-0.3, -0.25) is 4.90 Å². The second-order valence-corrected chi connectivity index (χ2v) is 15.8. The van der Waals surface area contributed by atoms with Crippen LogP contribution in [0.1, 0.15) is 69.8 Å². The standard InChI is InChI=1S/C32H39BrFN5O4SSi/c1-32(2,3)43-31(41)38-16-18-14-23(38)27(18)39-22(21-8-6-10-37(21)30(40)42-11-12-45)15-20-28(39)19-13-17(7-5-9-35)24(33)25(34)26(19)36-29(20)44-4/h13,15,18,21,23,27H,5-8,10-12,14,16H2,1-4,45H3/t18-,21-,23-,27+/m1/s1. The monoisotopic (exact) mass is 715 g/mol. The van der Waals surface area contributed by atoms with Crippen molar-refractivity contribution in [1.29, 1.82) is 5.26 Å². The van der Waals surface area contributed by atoms with Gasteiger partial charge in [-0.25, -0.2) is 19.0 Å². The Kier molecular flexibility index (Phi) is 8.86. The van der Waals surface area contributed by atoms with E-state index in [4.69, 9.17) is 14.5 Å². The molecule has 2 aromatic heterocycles. The van der Waals surface area contributed by atoms with Crippen LogP contribution >= 0.6 is 27.7 Å². The molecule has 3 aliphatic heterocycles. The van der Waals surface area contributed by atoms with Crippen LogP contribution in [0.4, 0.5) is 14.0 Å². The minimum absolute atomic E-state index is 0.0697. The maximum Gasteiger partial charge on any atom is 0.410 e. The number of rotatable bonds is 7. The summed E-state index contributed by atoms with van der Waals surface area (Å²) in [5.41, 5.74) is 2.17. The van der Waals surface area contributed by atoms with Gasteiger partial charge in [-0.05, 0) is 92.4 Å². The normalized spacial score (nSPS) is 22.7. The number of aromatic nitrogens is 2. The fraction of sp³-hybridized carbons (Fsp3) is 0.562. The Labute approximate surface area is 278 Å². The van der Waals surface area contributed by atoms with E-state index in [1.807, 2.05) is 42.9 Å². The zero-order valence-electron chi connectivity index (χ0n) is 26.4. The fourth-order valence-corrected chi connectivity index (χ4v) is 8.54. The summed E-state index contributed by atoms with van der Waals surface area (Å²) in [6.07, 6.45) is 4.43. The third-order valence-electron chi connectivity index (χ3n) is 9.16. The van der Waals surface area contributed by atoms with E-state index in [0.29, 0.717) is 46.6 Å². The van der Waals surface area contributed by atoms with Crippen molar-refractivity contribution < 1.29 is 23.5 Å². The minimum atomic E-state index is -0.615. The number of likely N-dealkylation sites (tertiary alicyclic amines) is 1. The van der Waals surface area contributed by atoms with Crippen molar-refractivity contribution in [1.82, 2.24) is 19.4 Å². The van der Waals surface area contributed by atoms with Crippen LogP contribution in [-0.4, -0.2) is 79.4 Å². The number of nitriles is 1. The molecule has 1 saturated carbocycles. The molecule has 1 aromatic carbocycles. The number of halogens is 2. The third kappa shape index (κ3) is 5.61. The van der Waals surface area contributed by atoms with Gasteiger partial charge in [0.15, 0.2) is 5.82 Å². The van der Waals surface area contributed by atoms with Crippen molar-refractivity contribution in [2.75, 3.05) is 26.0 Å². The van der Waals surface area contributed by atoms with Gasteiger partial charge in [0.1, 0.15) is 16.1 Å². The van der Waals surface area contributed by atoms with E-state index >= 15 is 4.39 Å². The van der Waals surface area contributed by atoms with Gasteiger partial charge in [0.2, 0.25) is 0 Å². The topological polar surface area (TPSA) is 101 Å². The number of fused-ring (bicyclic) bond motifs is 4. The molecule has 0 unspecified atom stereocenters. The summed E-state index contributed by atoms with van der Waals surface area (Å²) in [7, 11) is 0.958. The Bertz CT molecular complexity index is 1720. The molecular formula is C32H39BrFN5O4SSi. The van der Waals surface area contributed by atoms with Crippen LogP contribution in [0.3, 0.4) is 0 Å². The largest absolute Gasteiger partial charge is 0.450 e. The third-order valence-corrected chi connectivity index (χ3v) is 11.1. The summed E-state index contributed by atoms with van der Waals surface area (Å²) in [6, 6.07) is 6.74. The van der Waals surface area contributed by atoms with Crippen molar-refractivity contribution in [2.24, 2.45) is 5.92 Å². The maximum atomic E-state index is 16.1. The van der Waals surface area contributed by atoms with Gasteiger partial charge < -0.3 is 18.9 Å². The lowest BCUT2D eigenvalue weighted by Gasteiger charge is -2.40. The molecule has 5 heterocycles.